The van der Waals surface area contributed by atoms with Crippen molar-refractivity contribution in [1.29, 1.82) is 0 Å². The highest BCUT2D eigenvalue weighted by Gasteiger charge is 2.48. The fourth-order valence-electron chi connectivity index (χ4n) is 4.27. The second kappa shape index (κ2) is 7.31. The van der Waals surface area contributed by atoms with Gasteiger partial charge >= 0.3 is 0 Å². The quantitative estimate of drug-likeness (QED) is 0.661. The molecule has 2 aromatic rings. The summed E-state index contributed by atoms with van der Waals surface area (Å²) >= 11 is 12.8. The number of benzene rings is 2. The lowest BCUT2D eigenvalue weighted by Crippen LogP contribution is -2.43. The Balaban J connectivity index is 2.16. The van der Waals surface area contributed by atoms with Crippen LogP contribution in [0.15, 0.2) is 48.5 Å². The highest BCUT2D eigenvalue weighted by Crippen LogP contribution is 2.51. The summed E-state index contributed by atoms with van der Waals surface area (Å²) in [6.07, 6.45) is 0.974. The first-order valence-corrected chi connectivity index (χ1v) is 9.20. The van der Waals surface area contributed by atoms with E-state index in [4.69, 9.17) is 23.2 Å². The predicted molar refractivity (Wildman–Crippen MR) is 101 cm³/mol. The van der Waals surface area contributed by atoms with Crippen LogP contribution >= 0.6 is 23.2 Å². The lowest BCUT2D eigenvalue weighted by molar-refractivity contribution is -0.133. The van der Waals surface area contributed by atoms with Crippen molar-refractivity contribution in [2.24, 2.45) is 17.8 Å². The van der Waals surface area contributed by atoms with Gasteiger partial charge < -0.3 is 4.79 Å². The third-order valence-corrected chi connectivity index (χ3v) is 6.18. The number of Topliss-reactive ketones (excluding diaryl/α,β-unsaturated/α-hetero) is 1. The summed E-state index contributed by atoms with van der Waals surface area (Å²) in [5.74, 6) is -1.27. The van der Waals surface area contributed by atoms with Crippen molar-refractivity contribution in [3.05, 3.63) is 69.7 Å². The monoisotopic (exact) mass is 374 g/mol. The molecule has 0 heterocycles. The molecule has 1 fully saturated rings. The van der Waals surface area contributed by atoms with E-state index in [0.717, 1.165) is 17.4 Å². The summed E-state index contributed by atoms with van der Waals surface area (Å²) < 4.78 is 0. The maximum absolute atomic E-state index is 13.0. The molecule has 1 saturated carbocycles. The number of halogens is 2. The molecule has 5 atom stereocenters. The molecule has 0 radical (unpaired) electrons. The van der Waals surface area contributed by atoms with E-state index in [0.29, 0.717) is 10.0 Å². The molecule has 0 N–H and O–H groups in total. The molecule has 2 aromatic carbocycles. The fourth-order valence-corrected chi connectivity index (χ4v) is 4.80. The standard InChI is InChI=1S/C21H20Cl2O2/c1-12-19(14-7-3-5-9-17(14)22)16(11-24)20(13(2)21(12)25)15-8-4-6-10-18(15)23/h3-13,16,19-20H,1-2H3/t12-,13+,16?,19+,20-. The van der Waals surface area contributed by atoms with Crippen molar-refractivity contribution in [3.63, 3.8) is 0 Å². The number of rotatable bonds is 3. The molecule has 2 nitrogen and oxygen atoms in total. The van der Waals surface area contributed by atoms with Crippen LogP contribution in [-0.2, 0) is 9.59 Å². The number of carbonyl (C=O) groups excluding carboxylic acids is 2. The second-order valence-corrected chi connectivity index (χ2v) is 7.60. The molecule has 3 rings (SSSR count). The van der Waals surface area contributed by atoms with Crippen LogP contribution in [-0.4, -0.2) is 12.1 Å². The molecule has 0 aromatic heterocycles. The average Bonchev–Trinajstić information content (AvgIpc) is 2.61. The predicted octanol–water partition coefficient (Wildman–Crippen LogP) is 5.53. The van der Waals surface area contributed by atoms with E-state index in [1.807, 2.05) is 50.2 Å². The normalized spacial score (nSPS) is 29.4. The smallest absolute Gasteiger partial charge is 0.139 e. The number of carbonyl (C=O) groups is 2. The Morgan fingerprint density at radius 2 is 1.20 bits per heavy atom. The molecular formula is C21H20Cl2O2. The minimum atomic E-state index is -0.359. The first-order valence-electron chi connectivity index (χ1n) is 8.45. The minimum Gasteiger partial charge on any atom is -0.303 e. The van der Waals surface area contributed by atoms with Gasteiger partial charge in [0.2, 0.25) is 0 Å². The zero-order valence-corrected chi connectivity index (χ0v) is 15.7. The van der Waals surface area contributed by atoms with Crippen LogP contribution in [0.3, 0.4) is 0 Å². The Morgan fingerprint density at radius 1 is 0.800 bits per heavy atom. The largest absolute Gasteiger partial charge is 0.303 e. The highest BCUT2D eigenvalue weighted by atomic mass is 35.5. The summed E-state index contributed by atoms with van der Waals surface area (Å²) in [5, 5.41) is 1.18. The van der Waals surface area contributed by atoms with Gasteiger partial charge in [0.15, 0.2) is 0 Å². The van der Waals surface area contributed by atoms with Crippen LogP contribution in [0.4, 0.5) is 0 Å². The maximum Gasteiger partial charge on any atom is 0.139 e. The molecule has 0 saturated heterocycles. The lowest BCUT2D eigenvalue weighted by Gasteiger charge is -2.43. The third-order valence-electron chi connectivity index (χ3n) is 5.49. The van der Waals surface area contributed by atoms with Crippen LogP contribution in [0, 0.1) is 17.8 Å². The first-order chi connectivity index (χ1) is 12.0. The van der Waals surface area contributed by atoms with Crippen LogP contribution in [0.2, 0.25) is 10.0 Å². The maximum atomic E-state index is 13.0. The minimum absolute atomic E-state index is 0.146. The molecule has 0 amide bonds. The molecular weight excluding hydrogens is 355 g/mol. The number of ketones is 1. The van der Waals surface area contributed by atoms with Gasteiger partial charge in [-0.3, -0.25) is 4.79 Å². The Hall–Kier alpha value is -1.64. The molecule has 0 bridgehead atoms. The van der Waals surface area contributed by atoms with Gasteiger partial charge in [-0.05, 0) is 23.3 Å². The molecule has 130 valence electrons. The Bertz CT molecular complexity index is 740. The molecule has 1 aliphatic rings. The number of hydrogen-bond donors (Lipinski definition) is 0. The second-order valence-electron chi connectivity index (χ2n) is 6.79. The third kappa shape index (κ3) is 3.14. The lowest BCUT2D eigenvalue weighted by atomic mass is 9.59. The van der Waals surface area contributed by atoms with Gasteiger partial charge in [-0.2, -0.15) is 0 Å². The SMILES string of the molecule is C[C@@H]1C(=O)[C@H](C)[C@@H](c2ccccc2Cl)C(C=O)[C@H]1c1ccccc1Cl. The highest BCUT2D eigenvalue weighted by molar-refractivity contribution is 6.31. The van der Waals surface area contributed by atoms with Crippen molar-refractivity contribution in [2.75, 3.05) is 0 Å². The zero-order chi connectivity index (χ0) is 18.1. The van der Waals surface area contributed by atoms with Crippen LogP contribution < -0.4 is 0 Å². The van der Waals surface area contributed by atoms with Gasteiger partial charge in [0.05, 0.1) is 0 Å². The number of hydrogen-bond acceptors (Lipinski definition) is 2. The van der Waals surface area contributed by atoms with Crippen molar-refractivity contribution >= 4 is 35.3 Å². The van der Waals surface area contributed by atoms with E-state index in [1.54, 1.807) is 12.1 Å². The summed E-state index contributed by atoms with van der Waals surface area (Å²) in [4.78, 5) is 25.1. The Kier molecular flexibility index (Phi) is 5.31. The van der Waals surface area contributed by atoms with Gasteiger partial charge in [0, 0.05) is 39.6 Å². The van der Waals surface area contributed by atoms with E-state index in [2.05, 4.69) is 0 Å². The first kappa shape index (κ1) is 18.2. The molecule has 1 aliphatic carbocycles. The fraction of sp³-hybridized carbons (Fsp3) is 0.333. The van der Waals surface area contributed by atoms with E-state index in [9.17, 15) is 9.59 Å². The summed E-state index contributed by atoms with van der Waals surface area (Å²) in [7, 11) is 0. The summed E-state index contributed by atoms with van der Waals surface area (Å²) in [5.41, 5.74) is 1.71. The topological polar surface area (TPSA) is 34.1 Å². The molecule has 4 heteroatoms. The molecule has 1 unspecified atom stereocenters. The van der Waals surface area contributed by atoms with Gasteiger partial charge in [0.1, 0.15) is 12.1 Å². The van der Waals surface area contributed by atoms with Crippen molar-refractivity contribution < 1.29 is 9.59 Å². The van der Waals surface area contributed by atoms with Gasteiger partial charge in [0.25, 0.3) is 0 Å². The van der Waals surface area contributed by atoms with E-state index >= 15 is 0 Å². The summed E-state index contributed by atoms with van der Waals surface area (Å²) in [6.45, 7) is 3.79. The average molecular weight is 375 g/mol. The van der Waals surface area contributed by atoms with Crippen molar-refractivity contribution in [2.45, 2.75) is 25.7 Å². The zero-order valence-electron chi connectivity index (χ0n) is 14.2. The molecule has 0 spiro atoms. The van der Waals surface area contributed by atoms with E-state index in [1.165, 1.54) is 0 Å². The van der Waals surface area contributed by atoms with Gasteiger partial charge in [-0.1, -0.05) is 73.4 Å². The number of aldehydes is 1. The van der Waals surface area contributed by atoms with Crippen LogP contribution in [0.5, 0.6) is 0 Å². The van der Waals surface area contributed by atoms with Crippen molar-refractivity contribution in [1.82, 2.24) is 0 Å². The molecule has 25 heavy (non-hydrogen) atoms. The van der Waals surface area contributed by atoms with Crippen LogP contribution in [0.25, 0.3) is 0 Å². The van der Waals surface area contributed by atoms with Crippen molar-refractivity contribution in [3.8, 4) is 0 Å². The Labute approximate surface area is 158 Å². The van der Waals surface area contributed by atoms with Gasteiger partial charge in [-0.15, -0.1) is 0 Å². The van der Waals surface area contributed by atoms with E-state index < -0.39 is 0 Å². The van der Waals surface area contributed by atoms with E-state index in [-0.39, 0.29) is 35.4 Å². The van der Waals surface area contributed by atoms with Gasteiger partial charge in [-0.25, -0.2) is 0 Å². The Morgan fingerprint density at radius 3 is 1.56 bits per heavy atom. The van der Waals surface area contributed by atoms with Crippen LogP contribution in [0.1, 0.15) is 36.8 Å². The molecule has 0 aliphatic heterocycles. The summed E-state index contributed by atoms with van der Waals surface area (Å²) in [6, 6.07) is 14.9.